The molecule has 0 radical (unpaired) electrons. The predicted molar refractivity (Wildman–Crippen MR) is 75.5 cm³/mol. The molecule has 20 heavy (non-hydrogen) atoms. The number of furan rings is 1. The van der Waals surface area contributed by atoms with Crippen LogP contribution in [0.25, 0.3) is 22.2 Å². The van der Waals surface area contributed by atoms with Crippen LogP contribution >= 0.6 is 0 Å². The highest BCUT2D eigenvalue weighted by Gasteiger charge is 2.21. The van der Waals surface area contributed by atoms with Crippen molar-refractivity contribution in [1.82, 2.24) is 4.98 Å². The summed E-state index contributed by atoms with van der Waals surface area (Å²) in [5.74, 6) is 0.281. The van der Waals surface area contributed by atoms with E-state index in [4.69, 9.17) is 4.42 Å². The van der Waals surface area contributed by atoms with Crippen molar-refractivity contribution in [2.24, 2.45) is 0 Å². The molecule has 5 heteroatoms. The Balaban J connectivity index is 2.34. The van der Waals surface area contributed by atoms with Gasteiger partial charge in [-0.1, -0.05) is 25.1 Å². The molecule has 0 spiro atoms. The Hall–Kier alpha value is -2.69. The topological polar surface area (TPSA) is 69.2 Å². The van der Waals surface area contributed by atoms with E-state index in [-0.39, 0.29) is 11.4 Å². The van der Waals surface area contributed by atoms with Gasteiger partial charge >= 0.3 is 5.69 Å². The molecule has 1 aromatic carbocycles. The second-order valence-electron chi connectivity index (χ2n) is 4.42. The average molecular weight is 268 g/mol. The lowest BCUT2D eigenvalue weighted by atomic mass is 10.0. The molecule has 0 atom stereocenters. The predicted octanol–water partition coefficient (Wildman–Crippen LogP) is 3.97. The third kappa shape index (κ3) is 1.93. The van der Waals surface area contributed by atoms with Crippen molar-refractivity contribution in [3.05, 3.63) is 58.5 Å². The highest BCUT2D eigenvalue weighted by Crippen LogP contribution is 2.35. The van der Waals surface area contributed by atoms with E-state index in [9.17, 15) is 10.1 Å². The summed E-state index contributed by atoms with van der Waals surface area (Å²) in [6, 6.07) is 10.8. The van der Waals surface area contributed by atoms with Gasteiger partial charge in [0.1, 0.15) is 0 Å². The minimum atomic E-state index is -0.431. The van der Waals surface area contributed by atoms with Crippen LogP contribution in [0.15, 0.2) is 47.1 Å². The van der Waals surface area contributed by atoms with Crippen molar-refractivity contribution in [3.8, 4) is 11.3 Å². The average Bonchev–Trinajstić information content (AvgIpc) is 2.95. The van der Waals surface area contributed by atoms with Gasteiger partial charge in [-0.3, -0.25) is 15.1 Å². The fourth-order valence-electron chi connectivity index (χ4n) is 2.25. The number of benzene rings is 1. The highest BCUT2D eigenvalue weighted by atomic mass is 16.6. The molecule has 3 aromatic rings. The van der Waals surface area contributed by atoms with Gasteiger partial charge in [-0.05, 0) is 18.6 Å². The number of nitro groups is 1. The zero-order valence-electron chi connectivity index (χ0n) is 10.9. The molecule has 2 aromatic heterocycles. The Bertz CT molecular complexity index is 793. The van der Waals surface area contributed by atoms with Crippen LogP contribution in [0.5, 0.6) is 0 Å². The Labute approximate surface area is 115 Å². The number of aromatic nitrogens is 1. The van der Waals surface area contributed by atoms with E-state index in [1.54, 1.807) is 0 Å². The number of rotatable bonds is 3. The quantitative estimate of drug-likeness (QED) is 0.532. The molecule has 0 aliphatic rings. The molecule has 0 fully saturated rings. The second kappa shape index (κ2) is 4.77. The highest BCUT2D eigenvalue weighted by molar-refractivity contribution is 5.95. The van der Waals surface area contributed by atoms with Crippen molar-refractivity contribution >= 4 is 16.6 Å². The van der Waals surface area contributed by atoms with Crippen LogP contribution in [0.3, 0.4) is 0 Å². The lowest BCUT2D eigenvalue weighted by Gasteiger charge is -2.06. The molecule has 0 aliphatic heterocycles. The van der Waals surface area contributed by atoms with E-state index in [2.05, 4.69) is 4.98 Å². The van der Waals surface area contributed by atoms with Gasteiger partial charge < -0.3 is 4.42 Å². The van der Waals surface area contributed by atoms with E-state index >= 15 is 0 Å². The van der Waals surface area contributed by atoms with Crippen molar-refractivity contribution in [2.45, 2.75) is 13.3 Å². The van der Waals surface area contributed by atoms with Crippen molar-refractivity contribution in [2.75, 3.05) is 0 Å². The van der Waals surface area contributed by atoms with E-state index in [1.165, 1.54) is 12.3 Å². The second-order valence-corrected chi connectivity index (χ2v) is 4.42. The Morgan fingerprint density at radius 1 is 1.30 bits per heavy atom. The fraction of sp³-hybridized carbons (Fsp3) is 0.133. The molecule has 100 valence electrons. The number of nitrogens with zero attached hydrogens (tertiary/aromatic N) is 2. The van der Waals surface area contributed by atoms with Gasteiger partial charge in [0.25, 0.3) is 0 Å². The van der Waals surface area contributed by atoms with Crippen LogP contribution in [0.1, 0.15) is 12.6 Å². The van der Waals surface area contributed by atoms with E-state index < -0.39 is 4.92 Å². The minimum absolute atomic E-state index is 0.0246. The first-order valence-corrected chi connectivity index (χ1v) is 6.31. The van der Waals surface area contributed by atoms with Crippen LogP contribution in [0, 0.1) is 10.1 Å². The first kappa shape index (κ1) is 12.3. The van der Waals surface area contributed by atoms with Crippen LogP contribution < -0.4 is 0 Å². The van der Waals surface area contributed by atoms with Gasteiger partial charge in [-0.25, -0.2) is 0 Å². The summed E-state index contributed by atoms with van der Waals surface area (Å²) in [6.45, 7) is 2.00. The number of pyridine rings is 1. The van der Waals surface area contributed by atoms with E-state index in [0.29, 0.717) is 5.56 Å². The lowest BCUT2D eigenvalue weighted by molar-refractivity contribution is -0.384. The van der Waals surface area contributed by atoms with Crippen LogP contribution in [0.2, 0.25) is 0 Å². The summed E-state index contributed by atoms with van der Waals surface area (Å²) in [5.41, 5.74) is 2.38. The molecular formula is C15H12N2O3. The van der Waals surface area contributed by atoms with E-state index in [0.717, 1.165) is 23.0 Å². The van der Waals surface area contributed by atoms with E-state index in [1.807, 2.05) is 37.3 Å². The number of para-hydroxylation sites is 1. The number of hydrogen-bond donors (Lipinski definition) is 0. The van der Waals surface area contributed by atoms with Gasteiger partial charge in [-0.15, -0.1) is 0 Å². The third-order valence-electron chi connectivity index (χ3n) is 3.22. The number of fused-ring (bicyclic) bond motifs is 1. The van der Waals surface area contributed by atoms with Gasteiger partial charge in [0.15, 0.2) is 0 Å². The summed E-state index contributed by atoms with van der Waals surface area (Å²) >= 11 is 0. The summed E-state index contributed by atoms with van der Waals surface area (Å²) in [4.78, 5) is 15.2. The Morgan fingerprint density at radius 2 is 2.10 bits per heavy atom. The monoisotopic (exact) mass is 268 g/mol. The maximum Gasteiger partial charge on any atom is 0.315 e. The molecule has 5 nitrogen and oxygen atoms in total. The smallest absolute Gasteiger partial charge is 0.315 e. The molecule has 2 heterocycles. The van der Waals surface area contributed by atoms with Gasteiger partial charge in [-0.2, -0.15) is 0 Å². The van der Waals surface area contributed by atoms with Crippen molar-refractivity contribution in [3.63, 3.8) is 0 Å². The normalized spacial score (nSPS) is 10.8. The van der Waals surface area contributed by atoms with Gasteiger partial charge in [0.2, 0.25) is 5.76 Å². The van der Waals surface area contributed by atoms with Crippen molar-refractivity contribution in [1.29, 1.82) is 0 Å². The third-order valence-corrected chi connectivity index (χ3v) is 3.22. The van der Waals surface area contributed by atoms with Gasteiger partial charge in [0, 0.05) is 16.6 Å². The largest absolute Gasteiger partial charge is 0.457 e. The number of hydrogen-bond acceptors (Lipinski definition) is 4. The van der Waals surface area contributed by atoms with Crippen molar-refractivity contribution < 1.29 is 9.34 Å². The molecule has 0 saturated heterocycles. The first-order chi connectivity index (χ1) is 9.70. The molecule has 0 unspecified atom stereocenters. The molecule has 0 amide bonds. The summed E-state index contributed by atoms with van der Waals surface area (Å²) in [7, 11) is 0. The maximum atomic E-state index is 11.1. The Kier molecular flexibility index (Phi) is 2.95. The van der Waals surface area contributed by atoms with Gasteiger partial charge in [0.05, 0.1) is 22.8 Å². The molecular weight excluding hydrogens is 256 g/mol. The maximum absolute atomic E-state index is 11.1. The first-order valence-electron chi connectivity index (χ1n) is 6.31. The zero-order valence-corrected chi connectivity index (χ0v) is 10.9. The summed E-state index contributed by atoms with van der Waals surface area (Å²) in [6.07, 6.45) is 2.10. The molecule has 3 rings (SSSR count). The molecule has 0 saturated carbocycles. The summed E-state index contributed by atoms with van der Waals surface area (Å²) < 4.78 is 5.35. The number of aryl methyl sites for hydroxylation is 1. The molecule has 0 aliphatic carbocycles. The Morgan fingerprint density at radius 3 is 2.85 bits per heavy atom. The van der Waals surface area contributed by atoms with Crippen LogP contribution in [0.4, 0.5) is 5.69 Å². The summed E-state index contributed by atoms with van der Waals surface area (Å²) in [5, 5.41) is 11.9. The molecule has 0 N–H and O–H groups in total. The SMILES string of the molecule is CCc1cc(-c2occc2[N+](=O)[O-])c2ccccc2n1. The minimum Gasteiger partial charge on any atom is -0.457 e. The lowest BCUT2D eigenvalue weighted by Crippen LogP contribution is -1.93. The fourth-order valence-corrected chi connectivity index (χ4v) is 2.25. The molecule has 0 bridgehead atoms. The standard InChI is InChI=1S/C15H12N2O3/c1-2-10-9-12(11-5-3-4-6-13(11)16-10)15-14(17(18)19)7-8-20-15/h3-9H,2H2,1H3. The van der Waals surface area contributed by atoms with Crippen LogP contribution in [-0.4, -0.2) is 9.91 Å². The zero-order chi connectivity index (χ0) is 14.1. The van der Waals surface area contributed by atoms with Crippen LogP contribution in [-0.2, 0) is 6.42 Å².